The molecule has 0 spiro atoms. The summed E-state index contributed by atoms with van der Waals surface area (Å²) in [6.07, 6.45) is 4.73. The highest BCUT2D eigenvalue weighted by Crippen LogP contribution is 2.50. The zero-order valence-electron chi connectivity index (χ0n) is 19.7. The third-order valence-electron chi connectivity index (χ3n) is 7.56. The molecule has 0 bridgehead atoms. The first-order valence-corrected chi connectivity index (χ1v) is 12.6. The van der Waals surface area contributed by atoms with Gasteiger partial charge in [0.2, 0.25) is 5.91 Å². The van der Waals surface area contributed by atoms with E-state index in [-0.39, 0.29) is 12.5 Å². The molecule has 1 atom stereocenters. The Labute approximate surface area is 205 Å². The summed E-state index contributed by atoms with van der Waals surface area (Å²) < 4.78 is 5.50. The van der Waals surface area contributed by atoms with E-state index in [4.69, 9.17) is 4.74 Å². The second-order valence-electron chi connectivity index (χ2n) is 10.0. The van der Waals surface area contributed by atoms with Crippen molar-refractivity contribution in [2.24, 2.45) is 17.8 Å². The zero-order chi connectivity index (χ0) is 24.4. The van der Waals surface area contributed by atoms with E-state index in [0.717, 1.165) is 40.5 Å². The summed E-state index contributed by atoms with van der Waals surface area (Å²) in [6, 6.07) is 14.9. The van der Waals surface area contributed by atoms with Crippen LogP contribution in [-0.2, 0) is 14.3 Å². The van der Waals surface area contributed by atoms with Crippen molar-refractivity contribution in [2.45, 2.75) is 50.5 Å². The molecule has 0 radical (unpaired) electrons. The molecule has 2 aromatic carbocycles. The van der Waals surface area contributed by atoms with Gasteiger partial charge in [0.05, 0.1) is 6.42 Å². The smallest absolute Gasteiger partial charge is 0.407 e. The molecular weight excluding hydrogens is 444 g/mol. The van der Waals surface area contributed by atoms with E-state index in [0.29, 0.717) is 12.5 Å². The van der Waals surface area contributed by atoms with Crippen LogP contribution in [0.5, 0.6) is 0 Å². The maximum atomic E-state index is 12.7. The quantitative estimate of drug-likeness (QED) is 0.448. The molecule has 3 aliphatic rings. The largest absolute Gasteiger partial charge is 0.481 e. The van der Waals surface area contributed by atoms with Crippen molar-refractivity contribution in [2.75, 3.05) is 13.2 Å². The number of carbonyl (C=O) groups excluding carboxylic acids is 2. The van der Waals surface area contributed by atoms with Crippen LogP contribution >= 0.6 is 0 Å². The SMILES string of the molecule is O=C(O)CC(NC(=O)OCC1c2ccccc2-c2ccccc21)C(=O)NCCC(C1CC1)C1CC1. The van der Waals surface area contributed by atoms with Gasteiger partial charge < -0.3 is 20.5 Å². The number of fused-ring (bicyclic) bond motifs is 3. The number of aliphatic carboxylic acids is 1. The second-order valence-corrected chi connectivity index (χ2v) is 10.0. The number of rotatable bonds is 11. The minimum Gasteiger partial charge on any atom is -0.481 e. The molecule has 184 valence electrons. The predicted molar refractivity (Wildman–Crippen MR) is 131 cm³/mol. The number of hydrogen-bond acceptors (Lipinski definition) is 4. The van der Waals surface area contributed by atoms with Gasteiger partial charge in [-0.05, 0) is 72.1 Å². The fraction of sp³-hybridized carbons (Fsp3) is 0.464. The minimum absolute atomic E-state index is 0.103. The van der Waals surface area contributed by atoms with Gasteiger partial charge in [-0.1, -0.05) is 48.5 Å². The predicted octanol–water partition coefficient (Wildman–Crippen LogP) is 4.31. The third-order valence-corrected chi connectivity index (χ3v) is 7.56. The summed E-state index contributed by atoms with van der Waals surface area (Å²) in [5.41, 5.74) is 4.41. The Kier molecular flexibility index (Phi) is 6.75. The van der Waals surface area contributed by atoms with E-state index >= 15 is 0 Å². The zero-order valence-corrected chi connectivity index (χ0v) is 19.7. The van der Waals surface area contributed by atoms with Crippen LogP contribution in [0.15, 0.2) is 48.5 Å². The lowest BCUT2D eigenvalue weighted by Crippen LogP contribution is -2.48. The Bertz CT molecular complexity index is 1050. The lowest BCUT2D eigenvalue weighted by atomic mass is 9.94. The lowest BCUT2D eigenvalue weighted by molar-refractivity contribution is -0.139. The van der Waals surface area contributed by atoms with Gasteiger partial charge >= 0.3 is 12.1 Å². The van der Waals surface area contributed by atoms with Crippen LogP contribution in [-0.4, -0.2) is 42.3 Å². The van der Waals surface area contributed by atoms with Gasteiger partial charge in [0.15, 0.2) is 0 Å². The van der Waals surface area contributed by atoms with Crippen molar-refractivity contribution in [3.63, 3.8) is 0 Å². The van der Waals surface area contributed by atoms with E-state index < -0.39 is 30.4 Å². The van der Waals surface area contributed by atoms with Crippen molar-refractivity contribution in [1.29, 1.82) is 0 Å². The van der Waals surface area contributed by atoms with Crippen LogP contribution in [0.4, 0.5) is 4.79 Å². The number of alkyl carbamates (subject to hydrolysis) is 1. The molecule has 2 amide bonds. The summed E-state index contributed by atoms with van der Waals surface area (Å²) in [7, 11) is 0. The normalized spacial score (nSPS) is 17.4. The first-order valence-electron chi connectivity index (χ1n) is 12.6. The van der Waals surface area contributed by atoms with E-state index in [9.17, 15) is 19.5 Å². The van der Waals surface area contributed by atoms with Crippen LogP contribution < -0.4 is 10.6 Å². The maximum absolute atomic E-state index is 12.7. The van der Waals surface area contributed by atoms with Crippen LogP contribution in [0.2, 0.25) is 0 Å². The highest BCUT2D eigenvalue weighted by atomic mass is 16.5. The highest BCUT2D eigenvalue weighted by Gasteiger charge is 2.41. The number of nitrogens with one attached hydrogen (secondary N) is 2. The molecule has 2 saturated carbocycles. The maximum Gasteiger partial charge on any atom is 0.407 e. The standard InChI is InChI=1S/C28H32N2O5/c31-26(32)15-25(27(33)29-14-13-19(17-9-10-17)18-11-12-18)30-28(34)35-16-24-22-7-3-1-5-20(22)21-6-2-4-8-23(21)24/h1-8,17-19,24-25H,9-16H2,(H,29,33)(H,30,34)(H,31,32). The molecular formula is C28H32N2O5. The van der Waals surface area contributed by atoms with E-state index in [1.807, 2.05) is 36.4 Å². The average molecular weight is 477 g/mol. The molecule has 7 nitrogen and oxygen atoms in total. The van der Waals surface area contributed by atoms with Gasteiger partial charge in [0, 0.05) is 12.5 Å². The molecule has 0 saturated heterocycles. The first kappa shape index (κ1) is 23.4. The molecule has 1 unspecified atom stereocenters. The molecule has 35 heavy (non-hydrogen) atoms. The second kappa shape index (κ2) is 10.1. The molecule has 3 aliphatic carbocycles. The van der Waals surface area contributed by atoms with Crippen molar-refractivity contribution in [3.8, 4) is 11.1 Å². The summed E-state index contributed by atoms with van der Waals surface area (Å²) in [4.78, 5) is 36.6. The Balaban J connectivity index is 1.16. The molecule has 2 aromatic rings. The number of carboxylic acid groups (broad SMARTS) is 1. The summed E-state index contributed by atoms with van der Waals surface area (Å²) in [6.45, 7) is 0.602. The van der Waals surface area contributed by atoms with E-state index in [1.54, 1.807) is 0 Å². The Morgan fingerprint density at radius 3 is 2.03 bits per heavy atom. The van der Waals surface area contributed by atoms with Gasteiger partial charge in [-0.15, -0.1) is 0 Å². The Morgan fingerprint density at radius 2 is 1.49 bits per heavy atom. The van der Waals surface area contributed by atoms with Crippen molar-refractivity contribution >= 4 is 18.0 Å². The van der Waals surface area contributed by atoms with Gasteiger partial charge in [0.25, 0.3) is 0 Å². The molecule has 3 N–H and O–H groups in total. The average Bonchev–Trinajstić information content (AvgIpc) is 3.77. The van der Waals surface area contributed by atoms with Crippen LogP contribution in [0.3, 0.4) is 0 Å². The molecule has 0 aromatic heterocycles. The highest BCUT2D eigenvalue weighted by molar-refractivity contribution is 5.89. The third kappa shape index (κ3) is 5.50. The van der Waals surface area contributed by atoms with E-state index in [1.165, 1.54) is 25.7 Å². The molecule has 2 fully saturated rings. The number of benzene rings is 2. The van der Waals surface area contributed by atoms with Crippen LogP contribution in [0.25, 0.3) is 11.1 Å². The Morgan fingerprint density at radius 1 is 0.914 bits per heavy atom. The molecule has 5 rings (SSSR count). The summed E-state index contributed by atoms with van der Waals surface area (Å²) in [5, 5.41) is 14.6. The monoisotopic (exact) mass is 476 g/mol. The van der Waals surface area contributed by atoms with Gasteiger partial charge in [-0.25, -0.2) is 4.79 Å². The lowest BCUT2D eigenvalue weighted by Gasteiger charge is -2.20. The minimum atomic E-state index is -1.18. The summed E-state index contributed by atoms with van der Waals surface area (Å²) in [5.74, 6) is 0.482. The number of carboxylic acids is 1. The van der Waals surface area contributed by atoms with Crippen LogP contribution in [0.1, 0.15) is 55.6 Å². The topological polar surface area (TPSA) is 105 Å². The number of hydrogen-bond donors (Lipinski definition) is 3. The number of carbonyl (C=O) groups is 3. The first-order chi connectivity index (χ1) is 17.0. The van der Waals surface area contributed by atoms with Gasteiger partial charge in [-0.2, -0.15) is 0 Å². The van der Waals surface area contributed by atoms with Crippen molar-refractivity contribution < 1.29 is 24.2 Å². The van der Waals surface area contributed by atoms with E-state index in [2.05, 4.69) is 22.8 Å². The number of amides is 2. The van der Waals surface area contributed by atoms with Gasteiger partial charge in [0.1, 0.15) is 12.6 Å². The van der Waals surface area contributed by atoms with Gasteiger partial charge in [-0.3, -0.25) is 9.59 Å². The van der Waals surface area contributed by atoms with Crippen LogP contribution in [0, 0.1) is 17.8 Å². The van der Waals surface area contributed by atoms with Crippen molar-refractivity contribution in [1.82, 2.24) is 10.6 Å². The molecule has 0 aliphatic heterocycles. The Hall–Kier alpha value is -3.35. The summed E-state index contributed by atoms with van der Waals surface area (Å²) >= 11 is 0. The fourth-order valence-electron chi connectivity index (χ4n) is 5.56. The van der Waals surface area contributed by atoms with Crippen molar-refractivity contribution in [3.05, 3.63) is 59.7 Å². The fourth-order valence-corrected chi connectivity index (χ4v) is 5.56. The number of ether oxygens (including phenoxy) is 1. The molecule has 0 heterocycles. The molecule has 7 heteroatoms.